The Kier molecular flexibility index (Phi) is 4.18. The number of benzene rings is 1. The van der Waals surface area contributed by atoms with Crippen LogP contribution in [0.1, 0.15) is 0 Å². The van der Waals surface area contributed by atoms with Gasteiger partial charge in [0.25, 0.3) is 0 Å². The zero-order valence-corrected chi connectivity index (χ0v) is 11.3. The van der Waals surface area contributed by atoms with E-state index >= 15 is 0 Å². The fourth-order valence-electron chi connectivity index (χ4n) is 1.31. The Morgan fingerprint density at radius 1 is 1.39 bits per heavy atom. The molecule has 0 fully saturated rings. The second kappa shape index (κ2) is 5.26. The van der Waals surface area contributed by atoms with Crippen molar-refractivity contribution < 1.29 is 17.9 Å². The summed E-state index contributed by atoms with van der Waals surface area (Å²) < 4.78 is 29.1. The third-order valence-electron chi connectivity index (χ3n) is 2.34. The van der Waals surface area contributed by atoms with E-state index in [1.807, 2.05) is 0 Å². The third kappa shape index (κ3) is 3.13. The quantitative estimate of drug-likeness (QED) is 0.787. The number of sulfone groups is 1. The molecule has 0 saturated carbocycles. The molecule has 6 nitrogen and oxygen atoms in total. The number of hydrogen-bond acceptors (Lipinski definition) is 5. The number of amides is 1. The molecule has 0 radical (unpaired) electrons. The predicted molar refractivity (Wildman–Crippen MR) is 68.2 cm³/mol. The highest BCUT2D eigenvalue weighted by atomic mass is 32.2. The summed E-state index contributed by atoms with van der Waals surface area (Å²) in [4.78, 5) is 12.7. The van der Waals surface area contributed by atoms with Crippen molar-refractivity contribution in [3.63, 3.8) is 0 Å². The number of rotatable bonds is 4. The first-order chi connectivity index (χ1) is 8.27. The molecule has 0 saturated heterocycles. The Balaban J connectivity index is 3.17. The Labute approximate surface area is 106 Å². The van der Waals surface area contributed by atoms with Crippen LogP contribution in [0.15, 0.2) is 23.1 Å². The van der Waals surface area contributed by atoms with Crippen LogP contribution in [0.2, 0.25) is 0 Å². The highest BCUT2D eigenvalue weighted by Crippen LogP contribution is 2.26. The molecule has 1 aromatic carbocycles. The highest BCUT2D eigenvalue weighted by molar-refractivity contribution is 7.92. The SMILES string of the molecule is COc1cc(N)ccc1S(=O)(=O)CC(=O)N(C)C. The molecular formula is C11H16N2O4S. The van der Waals surface area contributed by atoms with Crippen molar-refractivity contribution in [2.75, 3.05) is 32.7 Å². The van der Waals surface area contributed by atoms with Gasteiger partial charge in [0.2, 0.25) is 5.91 Å². The molecule has 100 valence electrons. The predicted octanol–water partition coefficient (Wildman–Crippen LogP) is 0.139. The Bertz CT molecular complexity index is 552. The first kappa shape index (κ1) is 14.3. The summed E-state index contributed by atoms with van der Waals surface area (Å²) in [6.45, 7) is 0. The lowest BCUT2D eigenvalue weighted by atomic mass is 10.3. The number of carbonyl (C=O) groups excluding carboxylic acids is 1. The van der Waals surface area contributed by atoms with E-state index in [1.54, 1.807) is 0 Å². The van der Waals surface area contributed by atoms with Gasteiger partial charge in [0.15, 0.2) is 9.84 Å². The summed E-state index contributed by atoms with van der Waals surface area (Å²) in [5, 5.41) is 0. The second-order valence-electron chi connectivity index (χ2n) is 3.96. The largest absolute Gasteiger partial charge is 0.495 e. The van der Waals surface area contributed by atoms with E-state index in [0.29, 0.717) is 5.69 Å². The van der Waals surface area contributed by atoms with Gasteiger partial charge in [0, 0.05) is 25.8 Å². The first-order valence-corrected chi connectivity index (χ1v) is 6.79. The van der Waals surface area contributed by atoms with Crippen LogP contribution in [-0.2, 0) is 14.6 Å². The summed E-state index contributed by atoms with van der Waals surface area (Å²) in [7, 11) is 0.609. The maximum absolute atomic E-state index is 12.1. The number of nitrogens with zero attached hydrogens (tertiary/aromatic N) is 1. The Morgan fingerprint density at radius 3 is 2.50 bits per heavy atom. The number of nitrogen functional groups attached to an aromatic ring is 1. The molecule has 0 aliphatic carbocycles. The van der Waals surface area contributed by atoms with Gasteiger partial charge in [-0.25, -0.2) is 8.42 Å². The van der Waals surface area contributed by atoms with Gasteiger partial charge in [-0.3, -0.25) is 4.79 Å². The standard InChI is InChI=1S/C11H16N2O4S/c1-13(2)11(14)7-18(15,16)10-5-4-8(12)6-9(10)17-3/h4-6H,7,12H2,1-3H3. The molecule has 7 heteroatoms. The van der Waals surface area contributed by atoms with Crippen molar-refractivity contribution >= 4 is 21.4 Å². The number of hydrogen-bond donors (Lipinski definition) is 1. The fraction of sp³-hybridized carbons (Fsp3) is 0.364. The minimum atomic E-state index is -3.74. The van der Waals surface area contributed by atoms with Gasteiger partial charge in [-0.05, 0) is 12.1 Å². The van der Waals surface area contributed by atoms with Crippen LogP contribution in [0.5, 0.6) is 5.75 Å². The summed E-state index contributed by atoms with van der Waals surface area (Å²) in [6, 6.07) is 4.20. The average Bonchev–Trinajstić information content (AvgIpc) is 2.27. The summed E-state index contributed by atoms with van der Waals surface area (Å²) >= 11 is 0. The molecule has 2 N–H and O–H groups in total. The summed E-state index contributed by atoms with van der Waals surface area (Å²) in [6.07, 6.45) is 0. The monoisotopic (exact) mass is 272 g/mol. The van der Waals surface area contributed by atoms with Crippen LogP contribution in [0.25, 0.3) is 0 Å². The van der Waals surface area contributed by atoms with Crippen molar-refractivity contribution in [3.05, 3.63) is 18.2 Å². The van der Waals surface area contributed by atoms with Crippen LogP contribution in [-0.4, -0.2) is 46.2 Å². The molecule has 0 bridgehead atoms. The van der Waals surface area contributed by atoms with Gasteiger partial charge < -0.3 is 15.4 Å². The van der Waals surface area contributed by atoms with Crippen LogP contribution < -0.4 is 10.5 Å². The van der Waals surface area contributed by atoms with Crippen LogP contribution >= 0.6 is 0 Å². The number of nitrogens with two attached hydrogens (primary N) is 1. The van der Waals surface area contributed by atoms with Crippen LogP contribution in [0, 0.1) is 0 Å². The van der Waals surface area contributed by atoms with Gasteiger partial charge in [-0.1, -0.05) is 0 Å². The molecule has 1 aromatic rings. The normalized spacial score (nSPS) is 11.1. The van der Waals surface area contributed by atoms with E-state index in [4.69, 9.17) is 10.5 Å². The lowest BCUT2D eigenvalue weighted by Gasteiger charge is -2.13. The van der Waals surface area contributed by atoms with Crippen molar-refractivity contribution in [2.45, 2.75) is 4.90 Å². The lowest BCUT2D eigenvalue weighted by Crippen LogP contribution is -2.29. The van der Waals surface area contributed by atoms with Gasteiger partial charge in [0.1, 0.15) is 16.4 Å². The van der Waals surface area contributed by atoms with E-state index < -0.39 is 21.5 Å². The van der Waals surface area contributed by atoms with E-state index in [-0.39, 0.29) is 10.6 Å². The summed E-state index contributed by atoms with van der Waals surface area (Å²) in [5.41, 5.74) is 5.94. The Hall–Kier alpha value is -1.76. The Morgan fingerprint density at radius 2 is 2.00 bits per heavy atom. The zero-order chi connectivity index (χ0) is 13.9. The number of methoxy groups -OCH3 is 1. The van der Waals surface area contributed by atoms with E-state index in [0.717, 1.165) is 0 Å². The number of ether oxygens (including phenoxy) is 1. The third-order valence-corrected chi connectivity index (χ3v) is 3.97. The van der Waals surface area contributed by atoms with Crippen LogP contribution in [0.3, 0.4) is 0 Å². The molecule has 0 aliphatic rings. The van der Waals surface area contributed by atoms with Gasteiger partial charge in [0.05, 0.1) is 7.11 Å². The van der Waals surface area contributed by atoms with Crippen molar-refractivity contribution in [3.8, 4) is 5.75 Å². The minimum absolute atomic E-state index is 0.0330. The number of anilines is 1. The summed E-state index contributed by atoms with van der Waals surface area (Å²) in [5.74, 6) is -0.948. The molecule has 0 spiro atoms. The van der Waals surface area contributed by atoms with E-state index in [2.05, 4.69) is 0 Å². The second-order valence-corrected chi connectivity index (χ2v) is 5.92. The van der Waals surface area contributed by atoms with Gasteiger partial charge in [-0.15, -0.1) is 0 Å². The zero-order valence-electron chi connectivity index (χ0n) is 10.5. The molecule has 0 aliphatic heterocycles. The minimum Gasteiger partial charge on any atom is -0.495 e. The number of carbonyl (C=O) groups is 1. The molecule has 0 atom stereocenters. The lowest BCUT2D eigenvalue weighted by molar-refractivity contribution is -0.125. The smallest absolute Gasteiger partial charge is 0.237 e. The molecule has 0 unspecified atom stereocenters. The van der Waals surface area contributed by atoms with Gasteiger partial charge in [-0.2, -0.15) is 0 Å². The molecule has 1 rings (SSSR count). The average molecular weight is 272 g/mol. The van der Waals surface area contributed by atoms with Crippen molar-refractivity contribution in [2.24, 2.45) is 0 Å². The highest BCUT2D eigenvalue weighted by Gasteiger charge is 2.24. The molecule has 0 heterocycles. The molecule has 1 amide bonds. The van der Waals surface area contributed by atoms with Crippen molar-refractivity contribution in [1.82, 2.24) is 4.90 Å². The molecular weight excluding hydrogens is 256 g/mol. The van der Waals surface area contributed by atoms with Gasteiger partial charge >= 0.3 is 0 Å². The topological polar surface area (TPSA) is 89.7 Å². The van der Waals surface area contributed by atoms with E-state index in [9.17, 15) is 13.2 Å². The van der Waals surface area contributed by atoms with Crippen molar-refractivity contribution in [1.29, 1.82) is 0 Å². The first-order valence-electron chi connectivity index (χ1n) is 5.14. The maximum Gasteiger partial charge on any atom is 0.237 e. The van der Waals surface area contributed by atoms with E-state index in [1.165, 1.54) is 44.3 Å². The molecule has 0 aromatic heterocycles. The van der Waals surface area contributed by atoms with Crippen LogP contribution in [0.4, 0.5) is 5.69 Å². The molecule has 18 heavy (non-hydrogen) atoms. The maximum atomic E-state index is 12.1. The fourth-order valence-corrected chi connectivity index (χ4v) is 2.77.